The van der Waals surface area contributed by atoms with Gasteiger partial charge in [0, 0.05) is 0 Å². The Morgan fingerprint density at radius 3 is 2.13 bits per heavy atom. The van der Waals surface area contributed by atoms with Gasteiger partial charge in [-0.15, -0.1) is 0 Å². The Morgan fingerprint density at radius 1 is 1.07 bits per heavy atom. The SMILES string of the molecule is CC(C)CCCCCCCOP(=O)(O)O. The molecule has 0 heterocycles. The number of phosphoric acid groups is 1. The van der Waals surface area contributed by atoms with Crippen molar-refractivity contribution < 1.29 is 18.9 Å². The molecule has 5 heteroatoms. The van der Waals surface area contributed by atoms with E-state index in [-0.39, 0.29) is 6.61 Å². The summed E-state index contributed by atoms with van der Waals surface area (Å²) in [6, 6.07) is 0. The van der Waals surface area contributed by atoms with Crippen LogP contribution < -0.4 is 0 Å². The molecule has 0 spiro atoms. The van der Waals surface area contributed by atoms with Gasteiger partial charge < -0.3 is 9.79 Å². The molecule has 0 rings (SSSR count). The lowest BCUT2D eigenvalue weighted by Crippen LogP contribution is -1.92. The van der Waals surface area contributed by atoms with Crippen molar-refractivity contribution in [3.05, 3.63) is 0 Å². The second-order valence-electron chi connectivity index (χ2n) is 4.27. The van der Waals surface area contributed by atoms with E-state index in [1.807, 2.05) is 0 Å². The molecule has 2 N–H and O–H groups in total. The molecule has 4 nitrogen and oxygen atoms in total. The molecular formula is C10H23O4P. The Morgan fingerprint density at radius 2 is 1.60 bits per heavy atom. The van der Waals surface area contributed by atoms with Gasteiger partial charge in [0.15, 0.2) is 0 Å². The lowest BCUT2D eigenvalue weighted by Gasteiger charge is -2.05. The monoisotopic (exact) mass is 238 g/mol. The van der Waals surface area contributed by atoms with E-state index in [4.69, 9.17) is 9.79 Å². The molecular weight excluding hydrogens is 215 g/mol. The van der Waals surface area contributed by atoms with Crippen molar-refractivity contribution >= 4 is 7.82 Å². The quantitative estimate of drug-likeness (QED) is 0.478. The Bertz CT molecular complexity index is 188. The van der Waals surface area contributed by atoms with Crippen molar-refractivity contribution in [2.24, 2.45) is 5.92 Å². The first kappa shape index (κ1) is 15.1. The van der Waals surface area contributed by atoms with Crippen LogP contribution in [0.4, 0.5) is 0 Å². The summed E-state index contributed by atoms with van der Waals surface area (Å²) >= 11 is 0. The minimum absolute atomic E-state index is 0.161. The summed E-state index contributed by atoms with van der Waals surface area (Å²) in [6.45, 7) is 4.59. The molecule has 0 bridgehead atoms. The molecule has 0 aromatic heterocycles. The third-order valence-electron chi connectivity index (χ3n) is 2.19. The third kappa shape index (κ3) is 14.1. The first-order chi connectivity index (χ1) is 6.92. The summed E-state index contributed by atoms with van der Waals surface area (Å²) in [6.07, 6.45) is 6.55. The van der Waals surface area contributed by atoms with Crippen LogP contribution in [0.15, 0.2) is 0 Å². The summed E-state index contributed by atoms with van der Waals surface area (Å²) in [5.74, 6) is 0.767. The Kier molecular flexibility index (Phi) is 8.34. The first-order valence-corrected chi connectivity index (χ1v) is 7.15. The minimum atomic E-state index is -4.24. The predicted molar refractivity (Wildman–Crippen MR) is 60.5 cm³/mol. The zero-order valence-electron chi connectivity index (χ0n) is 9.69. The molecule has 0 aliphatic heterocycles. The highest BCUT2D eigenvalue weighted by molar-refractivity contribution is 7.46. The molecule has 0 radical (unpaired) electrons. The second-order valence-corrected chi connectivity index (χ2v) is 5.51. The van der Waals surface area contributed by atoms with Gasteiger partial charge >= 0.3 is 7.82 Å². The summed E-state index contributed by atoms with van der Waals surface area (Å²) in [5.41, 5.74) is 0. The Balaban J connectivity index is 3.09. The normalized spacial score (nSPS) is 12.3. The van der Waals surface area contributed by atoms with Crippen LogP contribution in [0.1, 0.15) is 52.4 Å². The van der Waals surface area contributed by atoms with Crippen molar-refractivity contribution in [2.45, 2.75) is 52.4 Å². The molecule has 15 heavy (non-hydrogen) atoms. The van der Waals surface area contributed by atoms with Gasteiger partial charge in [0.1, 0.15) is 0 Å². The maximum Gasteiger partial charge on any atom is 0.469 e. The van der Waals surface area contributed by atoms with Crippen LogP contribution in [-0.2, 0) is 9.09 Å². The molecule has 92 valence electrons. The van der Waals surface area contributed by atoms with Gasteiger partial charge in [-0.1, -0.05) is 46.0 Å². The smallest absolute Gasteiger partial charge is 0.303 e. The predicted octanol–water partition coefficient (Wildman–Crippen LogP) is 3.09. The first-order valence-electron chi connectivity index (χ1n) is 5.62. The van der Waals surface area contributed by atoms with E-state index < -0.39 is 7.82 Å². The van der Waals surface area contributed by atoms with Crippen LogP contribution in [0.5, 0.6) is 0 Å². The number of unbranched alkanes of at least 4 members (excludes halogenated alkanes) is 4. The zero-order chi connectivity index (χ0) is 11.7. The maximum atomic E-state index is 10.3. The Labute approximate surface area is 92.3 Å². The highest BCUT2D eigenvalue weighted by Crippen LogP contribution is 2.35. The van der Waals surface area contributed by atoms with Gasteiger partial charge in [0.05, 0.1) is 6.61 Å². The minimum Gasteiger partial charge on any atom is -0.303 e. The van der Waals surface area contributed by atoms with E-state index in [2.05, 4.69) is 18.4 Å². The number of phosphoric ester groups is 1. The van der Waals surface area contributed by atoms with E-state index in [1.54, 1.807) is 0 Å². The molecule has 0 fully saturated rings. The summed E-state index contributed by atoms with van der Waals surface area (Å²) in [4.78, 5) is 16.8. The highest BCUT2D eigenvalue weighted by atomic mass is 31.2. The molecule has 0 saturated carbocycles. The largest absolute Gasteiger partial charge is 0.469 e. The maximum absolute atomic E-state index is 10.3. The third-order valence-corrected chi connectivity index (χ3v) is 2.70. The molecule has 0 atom stereocenters. The van der Waals surface area contributed by atoms with Crippen LogP contribution in [0.3, 0.4) is 0 Å². The van der Waals surface area contributed by atoms with E-state index >= 15 is 0 Å². The van der Waals surface area contributed by atoms with Crippen molar-refractivity contribution in [2.75, 3.05) is 6.61 Å². The van der Waals surface area contributed by atoms with Crippen LogP contribution in [-0.4, -0.2) is 16.4 Å². The highest BCUT2D eigenvalue weighted by Gasteiger charge is 2.12. The average molecular weight is 238 g/mol. The number of hydrogen-bond donors (Lipinski definition) is 2. The molecule has 0 aliphatic rings. The lowest BCUT2D eigenvalue weighted by molar-refractivity contribution is 0.193. The van der Waals surface area contributed by atoms with Crippen molar-refractivity contribution in [3.8, 4) is 0 Å². The molecule has 0 saturated heterocycles. The van der Waals surface area contributed by atoms with E-state index in [1.165, 1.54) is 19.3 Å². The van der Waals surface area contributed by atoms with Crippen LogP contribution in [0.25, 0.3) is 0 Å². The fourth-order valence-electron chi connectivity index (χ4n) is 1.37. The van der Waals surface area contributed by atoms with Crippen molar-refractivity contribution in [1.29, 1.82) is 0 Å². The number of rotatable bonds is 9. The van der Waals surface area contributed by atoms with E-state index in [9.17, 15) is 4.57 Å². The van der Waals surface area contributed by atoms with Gasteiger partial charge in [-0.25, -0.2) is 4.57 Å². The lowest BCUT2D eigenvalue weighted by atomic mass is 10.0. The van der Waals surface area contributed by atoms with Crippen molar-refractivity contribution in [1.82, 2.24) is 0 Å². The second kappa shape index (κ2) is 8.28. The van der Waals surface area contributed by atoms with E-state index in [0.717, 1.165) is 25.2 Å². The number of hydrogen-bond acceptors (Lipinski definition) is 2. The van der Waals surface area contributed by atoms with Crippen molar-refractivity contribution in [3.63, 3.8) is 0 Å². The van der Waals surface area contributed by atoms with Gasteiger partial charge in [0.2, 0.25) is 0 Å². The fourth-order valence-corrected chi connectivity index (χ4v) is 1.74. The summed E-state index contributed by atoms with van der Waals surface area (Å²) in [7, 11) is -4.24. The van der Waals surface area contributed by atoms with Gasteiger partial charge in [-0.05, 0) is 12.3 Å². The van der Waals surface area contributed by atoms with Crippen LogP contribution in [0, 0.1) is 5.92 Å². The molecule has 0 aromatic rings. The zero-order valence-corrected chi connectivity index (χ0v) is 10.6. The average Bonchev–Trinajstić information content (AvgIpc) is 2.07. The Hall–Kier alpha value is 0.110. The molecule has 0 aromatic carbocycles. The molecule has 0 aliphatic carbocycles. The molecule has 0 amide bonds. The van der Waals surface area contributed by atoms with Gasteiger partial charge in [-0.2, -0.15) is 0 Å². The van der Waals surface area contributed by atoms with Crippen LogP contribution in [0.2, 0.25) is 0 Å². The summed E-state index contributed by atoms with van der Waals surface area (Å²) < 4.78 is 14.7. The van der Waals surface area contributed by atoms with Gasteiger partial charge in [-0.3, -0.25) is 4.52 Å². The topological polar surface area (TPSA) is 66.8 Å². The van der Waals surface area contributed by atoms with Crippen LogP contribution >= 0.6 is 7.82 Å². The van der Waals surface area contributed by atoms with Gasteiger partial charge in [0.25, 0.3) is 0 Å². The molecule has 0 unspecified atom stereocenters. The van der Waals surface area contributed by atoms with E-state index in [0.29, 0.717) is 0 Å². The standard InChI is InChI=1S/C10H23O4P/c1-10(2)8-6-4-3-5-7-9-14-15(11,12)13/h10H,3-9H2,1-2H3,(H2,11,12,13). The fraction of sp³-hybridized carbons (Fsp3) is 1.00. The summed E-state index contributed by atoms with van der Waals surface area (Å²) in [5, 5.41) is 0.